The van der Waals surface area contributed by atoms with Crippen molar-refractivity contribution in [2.75, 3.05) is 13.2 Å². The number of hydrogen-bond donors (Lipinski definition) is 2. The zero-order valence-electron chi connectivity index (χ0n) is 12.8. The summed E-state index contributed by atoms with van der Waals surface area (Å²) >= 11 is 0. The van der Waals surface area contributed by atoms with Crippen LogP contribution < -0.4 is 15.8 Å². The summed E-state index contributed by atoms with van der Waals surface area (Å²) in [5.74, 6) is 1.06. The highest BCUT2D eigenvalue weighted by molar-refractivity contribution is 5.97. The Kier molecular flexibility index (Phi) is 6.05. The van der Waals surface area contributed by atoms with Gasteiger partial charge in [0.1, 0.15) is 5.75 Å². The number of carbonyl (C=O) groups is 1. The van der Waals surface area contributed by atoms with E-state index in [0.717, 1.165) is 12.8 Å². The van der Waals surface area contributed by atoms with Crippen LogP contribution in [0, 0.1) is 5.92 Å². The molecular formula is C17H26N2O2. The van der Waals surface area contributed by atoms with E-state index in [9.17, 15) is 4.79 Å². The van der Waals surface area contributed by atoms with Gasteiger partial charge in [-0.05, 0) is 37.8 Å². The summed E-state index contributed by atoms with van der Waals surface area (Å²) in [6, 6.07) is 7.43. The predicted molar refractivity (Wildman–Crippen MR) is 84.5 cm³/mol. The molecule has 1 aromatic rings. The maximum atomic E-state index is 12.5. The lowest BCUT2D eigenvalue weighted by atomic mass is 9.84. The number of carbonyl (C=O) groups excluding carboxylic acids is 1. The van der Waals surface area contributed by atoms with Crippen LogP contribution in [0.5, 0.6) is 5.75 Å². The van der Waals surface area contributed by atoms with E-state index in [0.29, 0.717) is 30.4 Å². The molecule has 4 nitrogen and oxygen atoms in total. The minimum Gasteiger partial charge on any atom is -0.493 e. The van der Waals surface area contributed by atoms with Gasteiger partial charge in [0.15, 0.2) is 0 Å². The summed E-state index contributed by atoms with van der Waals surface area (Å²) in [4.78, 5) is 12.5. The maximum absolute atomic E-state index is 12.5. The smallest absolute Gasteiger partial charge is 0.255 e. The summed E-state index contributed by atoms with van der Waals surface area (Å²) in [7, 11) is 0. The van der Waals surface area contributed by atoms with E-state index in [2.05, 4.69) is 5.32 Å². The zero-order valence-corrected chi connectivity index (χ0v) is 12.8. The Bertz CT molecular complexity index is 456. The first kappa shape index (κ1) is 15.8. The van der Waals surface area contributed by atoms with Crippen LogP contribution >= 0.6 is 0 Å². The third kappa shape index (κ3) is 4.21. The van der Waals surface area contributed by atoms with E-state index in [1.807, 2.05) is 25.1 Å². The van der Waals surface area contributed by atoms with Crippen LogP contribution in [-0.2, 0) is 0 Å². The fraction of sp³-hybridized carbons (Fsp3) is 0.588. The fourth-order valence-electron chi connectivity index (χ4n) is 3.09. The summed E-state index contributed by atoms with van der Waals surface area (Å²) in [5, 5.41) is 3.11. The Morgan fingerprint density at radius 1 is 1.33 bits per heavy atom. The average Bonchev–Trinajstić information content (AvgIpc) is 2.54. The van der Waals surface area contributed by atoms with Gasteiger partial charge in [0.2, 0.25) is 0 Å². The second kappa shape index (κ2) is 8.03. The predicted octanol–water partition coefficient (Wildman–Crippen LogP) is 2.72. The van der Waals surface area contributed by atoms with E-state index < -0.39 is 0 Å². The molecule has 1 amide bonds. The molecule has 0 saturated heterocycles. The van der Waals surface area contributed by atoms with Gasteiger partial charge in [-0.2, -0.15) is 0 Å². The minimum absolute atomic E-state index is 0.0625. The Morgan fingerprint density at radius 2 is 2.05 bits per heavy atom. The molecule has 1 saturated carbocycles. The van der Waals surface area contributed by atoms with Crippen LogP contribution in [-0.4, -0.2) is 25.1 Å². The number of benzene rings is 1. The molecule has 1 atom stereocenters. The monoisotopic (exact) mass is 290 g/mol. The second-order valence-corrected chi connectivity index (χ2v) is 5.64. The third-order valence-electron chi connectivity index (χ3n) is 4.22. The van der Waals surface area contributed by atoms with E-state index in [4.69, 9.17) is 10.5 Å². The molecule has 0 bridgehead atoms. The topological polar surface area (TPSA) is 64.3 Å². The van der Waals surface area contributed by atoms with Crippen LogP contribution in [0.4, 0.5) is 0 Å². The number of amides is 1. The van der Waals surface area contributed by atoms with Crippen molar-refractivity contribution in [3.63, 3.8) is 0 Å². The third-order valence-corrected chi connectivity index (χ3v) is 4.22. The zero-order chi connectivity index (χ0) is 15.1. The SMILES string of the molecule is CCOc1ccccc1C(=O)NC(CN)C1CCCCC1. The lowest BCUT2D eigenvalue weighted by Crippen LogP contribution is -2.46. The largest absolute Gasteiger partial charge is 0.493 e. The Balaban J connectivity index is 2.05. The van der Waals surface area contributed by atoms with E-state index in [1.165, 1.54) is 19.3 Å². The average molecular weight is 290 g/mol. The number of nitrogens with two attached hydrogens (primary N) is 1. The molecule has 1 aliphatic carbocycles. The van der Waals surface area contributed by atoms with Gasteiger partial charge >= 0.3 is 0 Å². The molecular weight excluding hydrogens is 264 g/mol. The Hall–Kier alpha value is -1.55. The van der Waals surface area contributed by atoms with Gasteiger partial charge in [0, 0.05) is 12.6 Å². The quantitative estimate of drug-likeness (QED) is 0.846. The van der Waals surface area contributed by atoms with Gasteiger partial charge in [-0.3, -0.25) is 4.79 Å². The summed E-state index contributed by atoms with van der Waals surface area (Å²) in [6.45, 7) is 2.96. The van der Waals surface area contributed by atoms with Crippen molar-refractivity contribution < 1.29 is 9.53 Å². The molecule has 116 valence electrons. The molecule has 3 N–H and O–H groups in total. The lowest BCUT2D eigenvalue weighted by molar-refractivity contribution is 0.0911. The molecule has 0 aromatic heterocycles. The summed E-state index contributed by atoms with van der Waals surface area (Å²) < 4.78 is 5.53. The summed E-state index contributed by atoms with van der Waals surface area (Å²) in [5.41, 5.74) is 6.47. The standard InChI is InChI=1S/C17H26N2O2/c1-2-21-16-11-7-6-10-14(16)17(20)19-15(12-18)13-8-4-3-5-9-13/h6-7,10-11,13,15H,2-5,8-9,12,18H2,1H3,(H,19,20). The molecule has 0 aliphatic heterocycles. The van der Waals surface area contributed by atoms with Gasteiger partial charge in [-0.25, -0.2) is 0 Å². The maximum Gasteiger partial charge on any atom is 0.255 e. The van der Waals surface area contributed by atoms with E-state index in [-0.39, 0.29) is 11.9 Å². The van der Waals surface area contributed by atoms with Crippen molar-refractivity contribution in [2.45, 2.75) is 45.1 Å². The van der Waals surface area contributed by atoms with E-state index in [1.54, 1.807) is 6.07 Å². The van der Waals surface area contributed by atoms with Crippen molar-refractivity contribution in [1.29, 1.82) is 0 Å². The number of para-hydroxylation sites is 1. The highest BCUT2D eigenvalue weighted by atomic mass is 16.5. The van der Waals surface area contributed by atoms with Crippen LogP contribution in [0.25, 0.3) is 0 Å². The number of hydrogen-bond acceptors (Lipinski definition) is 3. The Labute approximate surface area is 127 Å². The van der Waals surface area contributed by atoms with Gasteiger partial charge in [0.25, 0.3) is 5.91 Å². The molecule has 0 radical (unpaired) electrons. The minimum atomic E-state index is -0.0833. The fourth-order valence-corrected chi connectivity index (χ4v) is 3.09. The van der Waals surface area contributed by atoms with Crippen LogP contribution in [0.15, 0.2) is 24.3 Å². The molecule has 1 unspecified atom stereocenters. The molecule has 1 aromatic carbocycles. The molecule has 4 heteroatoms. The summed E-state index contributed by atoms with van der Waals surface area (Å²) in [6.07, 6.45) is 6.11. The van der Waals surface area contributed by atoms with Gasteiger partial charge in [-0.1, -0.05) is 31.4 Å². The van der Waals surface area contributed by atoms with E-state index >= 15 is 0 Å². The van der Waals surface area contributed by atoms with Gasteiger partial charge < -0.3 is 15.8 Å². The Morgan fingerprint density at radius 3 is 2.71 bits per heavy atom. The first-order valence-electron chi connectivity index (χ1n) is 7.99. The van der Waals surface area contributed by atoms with Crippen LogP contribution in [0.1, 0.15) is 49.4 Å². The van der Waals surface area contributed by atoms with Crippen molar-refractivity contribution >= 4 is 5.91 Å². The van der Waals surface area contributed by atoms with Crippen molar-refractivity contribution in [3.05, 3.63) is 29.8 Å². The van der Waals surface area contributed by atoms with Crippen molar-refractivity contribution in [3.8, 4) is 5.75 Å². The molecule has 0 heterocycles. The van der Waals surface area contributed by atoms with Crippen LogP contribution in [0.2, 0.25) is 0 Å². The normalized spacial score (nSPS) is 17.2. The van der Waals surface area contributed by atoms with Crippen molar-refractivity contribution in [2.24, 2.45) is 11.7 Å². The number of rotatable bonds is 6. The number of ether oxygens (including phenoxy) is 1. The van der Waals surface area contributed by atoms with Gasteiger partial charge in [-0.15, -0.1) is 0 Å². The van der Waals surface area contributed by atoms with Gasteiger partial charge in [0.05, 0.1) is 12.2 Å². The first-order chi connectivity index (χ1) is 10.3. The highest BCUT2D eigenvalue weighted by Crippen LogP contribution is 2.27. The molecule has 2 rings (SSSR count). The molecule has 1 fully saturated rings. The molecule has 1 aliphatic rings. The highest BCUT2D eigenvalue weighted by Gasteiger charge is 2.25. The molecule has 21 heavy (non-hydrogen) atoms. The van der Waals surface area contributed by atoms with Crippen molar-refractivity contribution in [1.82, 2.24) is 5.32 Å². The second-order valence-electron chi connectivity index (χ2n) is 5.64. The van der Waals surface area contributed by atoms with Crippen LogP contribution in [0.3, 0.4) is 0 Å². The lowest BCUT2D eigenvalue weighted by Gasteiger charge is -2.30. The number of nitrogens with one attached hydrogen (secondary N) is 1. The molecule has 0 spiro atoms. The first-order valence-corrected chi connectivity index (χ1v) is 7.99.